The highest BCUT2D eigenvalue weighted by Gasteiger charge is 2.24. The molecule has 0 saturated carbocycles. The number of nitrogens with zero attached hydrogens (tertiary/aromatic N) is 1. The second kappa shape index (κ2) is 5.32. The van der Waals surface area contributed by atoms with Crippen molar-refractivity contribution in [2.24, 2.45) is 0 Å². The molecule has 17 heavy (non-hydrogen) atoms. The van der Waals surface area contributed by atoms with Crippen molar-refractivity contribution in [3.05, 3.63) is 29.8 Å². The van der Waals surface area contributed by atoms with E-state index in [0.717, 1.165) is 18.7 Å². The summed E-state index contributed by atoms with van der Waals surface area (Å²) in [6, 6.07) is 8.20. The first-order valence-corrected chi connectivity index (χ1v) is 7.19. The van der Waals surface area contributed by atoms with Crippen LogP contribution in [0.25, 0.3) is 0 Å². The van der Waals surface area contributed by atoms with Gasteiger partial charge in [-0.2, -0.15) is 11.8 Å². The third-order valence-electron chi connectivity index (χ3n) is 3.15. The highest BCUT2D eigenvalue weighted by molar-refractivity contribution is 8.00. The molecule has 0 spiro atoms. The molecule has 3 heteroatoms. The Balaban J connectivity index is 2.27. The number of aliphatic hydroxyl groups is 1. The molecule has 0 aromatic heterocycles. The zero-order valence-electron chi connectivity index (χ0n) is 10.8. The number of thioether (sulfide) groups is 1. The first kappa shape index (κ1) is 12.8. The summed E-state index contributed by atoms with van der Waals surface area (Å²) >= 11 is 2.05. The lowest BCUT2D eigenvalue weighted by molar-refractivity contribution is 0.199. The van der Waals surface area contributed by atoms with Gasteiger partial charge in [0.1, 0.15) is 0 Å². The van der Waals surface area contributed by atoms with Gasteiger partial charge in [-0.1, -0.05) is 32.0 Å². The molecule has 1 N–H and O–H groups in total. The summed E-state index contributed by atoms with van der Waals surface area (Å²) in [5.74, 6) is 0. The molecule has 2 nitrogen and oxygen atoms in total. The minimum absolute atomic E-state index is 0.397. The normalized spacial score (nSPS) is 26.9. The molecule has 0 radical (unpaired) electrons. The van der Waals surface area contributed by atoms with E-state index >= 15 is 0 Å². The van der Waals surface area contributed by atoms with Gasteiger partial charge in [-0.25, -0.2) is 0 Å². The van der Waals surface area contributed by atoms with Gasteiger partial charge < -0.3 is 10.0 Å². The van der Waals surface area contributed by atoms with Gasteiger partial charge in [0.05, 0.1) is 6.10 Å². The van der Waals surface area contributed by atoms with E-state index in [4.69, 9.17) is 0 Å². The van der Waals surface area contributed by atoms with Crippen molar-refractivity contribution in [3.63, 3.8) is 0 Å². The van der Waals surface area contributed by atoms with E-state index in [1.54, 1.807) is 0 Å². The number of anilines is 1. The predicted octanol–water partition coefficient (Wildman–Crippen LogP) is 3.07. The van der Waals surface area contributed by atoms with Crippen LogP contribution >= 0.6 is 11.8 Å². The minimum atomic E-state index is -0.397. The van der Waals surface area contributed by atoms with Gasteiger partial charge in [-0.05, 0) is 13.0 Å². The van der Waals surface area contributed by atoms with Gasteiger partial charge in [-0.15, -0.1) is 0 Å². The van der Waals surface area contributed by atoms with Crippen molar-refractivity contribution in [2.45, 2.75) is 37.4 Å². The monoisotopic (exact) mass is 251 g/mol. The van der Waals surface area contributed by atoms with Crippen LogP contribution in [0.15, 0.2) is 24.3 Å². The summed E-state index contributed by atoms with van der Waals surface area (Å²) < 4.78 is 0. The van der Waals surface area contributed by atoms with Gasteiger partial charge in [0.15, 0.2) is 0 Å². The van der Waals surface area contributed by atoms with Crippen molar-refractivity contribution >= 4 is 17.4 Å². The summed E-state index contributed by atoms with van der Waals surface area (Å²) in [7, 11) is 0. The van der Waals surface area contributed by atoms with E-state index in [1.165, 1.54) is 5.69 Å². The van der Waals surface area contributed by atoms with Crippen LogP contribution in [0, 0.1) is 0 Å². The molecule has 1 aromatic rings. The van der Waals surface area contributed by atoms with E-state index in [0.29, 0.717) is 10.5 Å². The number of para-hydroxylation sites is 1. The fourth-order valence-corrected chi connectivity index (χ4v) is 3.83. The zero-order valence-corrected chi connectivity index (χ0v) is 11.6. The Morgan fingerprint density at radius 3 is 2.41 bits per heavy atom. The first-order valence-electron chi connectivity index (χ1n) is 6.25. The molecule has 1 aromatic carbocycles. The molecule has 1 fully saturated rings. The highest BCUT2D eigenvalue weighted by Crippen LogP contribution is 2.32. The molecule has 3 atom stereocenters. The predicted molar refractivity (Wildman–Crippen MR) is 75.8 cm³/mol. The summed E-state index contributed by atoms with van der Waals surface area (Å²) in [4.78, 5) is 2.41. The molecule has 2 rings (SSSR count). The third kappa shape index (κ3) is 2.96. The van der Waals surface area contributed by atoms with Gasteiger partial charge in [0.2, 0.25) is 0 Å². The van der Waals surface area contributed by atoms with E-state index in [1.807, 2.05) is 30.8 Å². The van der Waals surface area contributed by atoms with Crippen molar-refractivity contribution < 1.29 is 5.11 Å². The molecule has 0 amide bonds. The van der Waals surface area contributed by atoms with E-state index in [-0.39, 0.29) is 0 Å². The van der Waals surface area contributed by atoms with Crippen LogP contribution in [0.1, 0.15) is 32.4 Å². The van der Waals surface area contributed by atoms with Crippen LogP contribution in [0.3, 0.4) is 0 Å². The van der Waals surface area contributed by atoms with Crippen LogP contribution in [0.4, 0.5) is 5.69 Å². The number of benzene rings is 1. The summed E-state index contributed by atoms with van der Waals surface area (Å²) in [5, 5.41) is 11.1. The standard InChI is InChI=1S/C14H21NOS/c1-10-8-15(9-11(2)17-10)14-7-5-4-6-13(14)12(3)16/h4-7,10-12,16H,8-9H2,1-3H3/t10?,11?,12-/m0/s1. The van der Waals surface area contributed by atoms with Gasteiger partial charge in [0, 0.05) is 34.8 Å². The molecule has 94 valence electrons. The largest absolute Gasteiger partial charge is 0.389 e. The van der Waals surface area contributed by atoms with Gasteiger partial charge >= 0.3 is 0 Å². The average molecular weight is 251 g/mol. The molecule has 0 aliphatic carbocycles. The zero-order chi connectivity index (χ0) is 12.4. The Morgan fingerprint density at radius 1 is 1.24 bits per heavy atom. The molecule has 2 unspecified atom stereocenters. The summed E-state index contributed by atoms with van der Waals surface area (Å²) in [6.45, 7) is 8.53. The van der Waals surface area contributed by atoms with Crippen LogP contribution in [0.2, 0.25) is 0 Å². The number of hydrogen-bond acceptors (Lipinski definition) is 3. The molecule has 1 aliphatic rings. The fraction of sp³-hybridized carbons (Fsp3) is 0.571. The van der Waals surface area contributed by atoms with E-state index < -0.39 is 6.10 Å². The van der Waals surface area contributed by atoms with Crippen molar-refractivity contribution in [1.29, 1.82) is 0 Å². The number of aliphatic hydroxyl groups excluding tert-OH is 1. The first-order chi connectivity index (χ1) is 8.08. The lowest BCUT2D eigenvalue weighted by Crippen LogP contribution is -2.40. The van der Waals surface area contributed by atoms with Crippen LogP contribution in [-0.2, 0) is 0 Å². The molecule has 1 aliphatic heterocycles. The molecular formula is C14H21NOS. The topological polar surface area (TPSA) is 23.5 Å². The quantitative estimate of drug-likeness (QED) is 0.874. The Hall–Kier alpha value is -0.670. The molecule has 0 bridgehead atoms. The van der Waals surface area contributed by atoms with Crippen LogP contribution in [0.5, 0.6) is 0 Å². The lowest BCUT2D eigenvalue weighted by atomic mass is 10.1. The van der Waals surface area contributed by atoms with Gasteiger partial charge in [-0.3, -0.25) is 0 Å². The Bertz CT molecular complexity index is 370. The SMILES string of the molecule is CC1CN(c2ccccc2[C@H](C)O)CC(C)S1. The maximum absolute atomic E-state index is 9.84. The smallest absolute Gasteiger partial charge is 0.0781 e. The number of hydrogen-bond donors (Lipinski definition) is 1. The Labute approximate surface area is 108 Å². The average Bonchev–Trinajstić information content (AvgIpc) is 2.27. The molecule has 1 saturated heterocycles. The summed E-state index contributed by atoms with van der Waals surface area (Å²) in [5.41, 5.74) is 2.24. The lowest BCUT2D eigenvalue weighted by Gasteiger charge is -2.37. The Morgan fingerprint density at radius 2 is 1.82 bits per heavy atom. The van der Waals surface area contributed by atoms with E-state index in [9.17, 15) is 5.11 Å². The van der Waals surface area contributed by atoms with Crippen molar-refractivity contribution in [3.8, 4) is 0 Å². The third-order valence-corrected chi connectivity index (χ3v) is 4.37. The maximum atomic E-state index is 9.84. The molecular weight excluding hydrogens is 230 g/mol. The van der Waals surface area contributed by atoms with Crippen LogP contribution in [-0.4, -0.2) is 28.7 Å². The van der Waals surface area contributed by atoms with E-state index in [2.05, 4.69) is 30.9 Å². The fourth-order valence-electron chi connectivity index (χ4n) is 2.50. The van der Waals surface area contributed by atoms with Gasteiger partial charge in [0.25, 0.3) is 0 Å². The van der Waals surface area contributed by atoms with Crippen LogP contribution < -0.4 is 4.90 Å². The minimum Gasteiger partial charge on any atom is -0.389 e. The highest BCUT2D eigenvalue weighted by atomic mass is 32.2. The number of rotatable bonds is 2. The Kier molecular flexibility index (Phi) is 4.00. The second-order valence-corrected chi connectivity index (χ2v) is 6.78. The molecule has 1 heterocycles. The maximum Gasteiger partial charge on any atom is 0.0781 e. The summed E-state index contributed by atoms with van der Waals surface area (Å²) in [6.07, 6.45) is -0.397. The second-order valence-electron chi connectivity index (χ2n) is 4.90. The van der Waals surface area contributed by atoms with Crippen molar-refractivity contribution in [1.82, 2.24) is 0 Å². The van der Waals surface area contributed by atoms with Crippen molar-refractivity contribution in [2.75, 3.05) is 18.0 Å².